The van der Waals surface area contributed by atoms with Crippen molar-refractivity contribution in [3.63, 3.8) is 0 Å². The molecular formula is C55H103NO3. The molecule has 2 atom stereocenters. The third kappa shape index (κ3) is 47.3. The molecule has 0 saturated heterocycles. The van der Waals surface area contributed by atoms with Gasteiger partial charge in [0.25, 0.3) is 0 Å². The topological polar surface area (TPSA) is 69.6 Å². The first-order chi connectivity index (χ1) is 29.2. The van der Waals surface area contributed by atoms with Crippen molar-refractivity contribution < 1.29 is 15.0 Å². The van der Waals surface area contributed by atoms with Crippen LogP contribution in [0, 0.1) is 0 Å². The van der Waals surface area contributed by atoms with Gasteiger partial charge >= 0.3 is 0 Å². The predicted octanol–water partition coefficient (Wildman–Crippen LogP) is 17.1. The third-order valence-electron chi connectivity index (χ3n) is 12.1. The van der Waals surface area contributed by atoms with Crippen molar-refractivity contribution in [2.24, 2.45) is 0 Å². The Labute approximate surface area is 369 Å². The molecule has 0 saturated carbocycles. The number of nitrogens with one attached hydrogen (secondary N) is 1. The molecule has 0 fully saturated rings. The van der Waals surface area contributed by atoms with Gasteiger partial charge in [-0.15, -0.1) is 0 Å². The van der Waals surface area contributed by atoms with Gasteiger partial charge in [-0.25, -0.2) is 0 Å². The van der Waals surface area contributed by atoms with Crippen LogP contribution in [-0.4, -0.2) is 34.9 Å². The van der Waals surface area contributed by atoms with Gasteiger partial charge in [-0.3, -0.25) is 4.79 Å². The van der Waals surface area contributed by atoms with E-state index in [4.69, 9.17) is 0 Å². The van der Waals surface area contributed by atoms with Crippen molar-refractivity contribution in [3.05, 3.63) is 48.6 Å². The van der Waals surface area contributed by atoms with E-state index in [1.165, 1.54) is 218 Å². The fraction of sp³-hybridized carbons (Fsp3) is 0.836. The van der Waals surface area contributed by atoms with Gasteiger partial charge in [-0.1, -0.05) is 262 Å². The minimum atomic E-state index is -0.838. The quantitative estimate of drug-likeness (QED) is 0.0423. The smallest absolute Gasteiger partial charge is 0.220 e. The Hall–Kier alpha value is -1.65. The van der Waals surface area contributed by atoms with E-state index in [2.05, 4.69) is 55.6 Å². The molecule has 0 aliphatic rings. The van der Waals surface area contributed by atoms with Crippen LogP contribution in [0.3, 0.4) is 0 Å². The van der Waals surface area contributed by atoms with Crippen LogP contribution in [0.4, 0.5) is 0 Å². The Kier molecular flexibility index (Phi) is 49.3. The van der Waals surface area contributed by atoms with E-state index in [0.29, 0.717) is 6.42 Å². The van der Waals surface area contributed by atoms with Gasteiger partial charge in [-0.2, -0.15) is 0 Å². The molecule has 2 unspecified atom stereocenters. The average molecular weight is 826 g/mol. The standard InChI is InChI=1S/C55H103NO3/c1-3-5-7-9-11-13-15-17-19-20-21-22-23-24-25-26-27-28-29-30-31-32-33-34-35-36-37-39-41-43-45-47-49-51-55(59)56-53(52-57)54(58)50-48-46-44-42-40-38-18-16-14-12-10-8-6-4-2/h15,17,20-21,23-24,48,50,53-54,57-58H,3-14,16,18-19,22,25-47,49,51-52H2,1-2H3,(H,56,59)/b17-15-,21-20-,24-23-,50-48+. The summed E-state index contributed by atoms with van der Waals surface area (Å²) in [6, 6.07) is -0.621. The Morgan fingerprint density at radius 3 is 1.03 bits per heavy atom. The largest absolute Gasteiger partial charge is 0.394 e. The maximum Gasteiger partial charge on any atom is 0.220 e. The van der Waals surface area contributed by atoms with Gasteiger partial charge in [0.2, 0.25) is 5.91 Å². The second-order valence-electron chi connectivity index (χ2n) is 17.9. The molecule has 59 heavy (non-hydrogen) atoms. The van der Waals surface area contributed by atoms with E-state index in [1.54, 1.807) is 6.08 Å². The number of carbonyl (C=O) groups excluding carboxylic acids is 1. The van der Waals surface area contributed by atoms with Crippen molar-refractivity contribution in [2.75, 3.05) is 6.61 Å². The molecule has 4 nitrogen and oxygen atoms in total. The lowest BCUT2D eigenvalue weighted by molar-refractivity contribution is -0.123. The summed E-state index contributed by atoms with van der Waals surface area (Å²) in [5.74, 6) is -0.0620. The molecule has 0 heterocycles. The molecule has 0 aliphatic heterocycles. The molecule has 0 aromatic heterocycles. The zero-order valence-electron chi connectivity index (χ0n) is 39.8. The van der Waals surface area contributed by atoms with E-state index in [0.717, 1.165) is 38.5 Å². The van der Waals surface area contributed by atoms with Crippen LogP contribution in [0.15, 0.2) is 48.6 Å². The maximum absolute atomic E-state index is 12.4. The number of aliphatic hydroxyl groups excluding tert-OH is 2. The summed E-state index contributed by atoms with van der Waals surface area (Å²) >= 11 is 0. The van der Waals surface area contributed by atoms with Gasteiger partial charge < -0.3 is 15.5 Å². The molecule has 0 spiro atoms. The highest BCUT2D eigenvalue weighted by atomic mass is 16.3. The van der Waals surface area contributed by atoms with E-state index in [1.807, 2.05) is 6.08 Å². The first-order valence-corrected chi connectivity index (χ1v) is 26.4. The molecular weight excluding hydrogens is 723 g/mol. The summed E-state index contributed by atoms with van der Waals surface area (Å²) in [7, 11) is 0. The second kappa shape index (κ2) is 50.7. The fourth-order valence-corrected chi connectivity index (χ4v) is 8.01. The average Bonchev–Trinajstić information content (AvgIpc) is 3.24. The minimum absolute atomic E-state index is 0.0620. The molecule has 0 aromatic rings. The van der Waals surface area contributed by atoms with E-state index >= 15 is 0 Å². The minimum Gasteiger partial charge on any atom is -0.394 e. The first-order valence-electron chi connectivity index (χ1n) is 26.4. The zero-order valence-corrected chi connectivity index (χ0v) is 39.8. The number of allylic oxidation sites excluding steroid dienone is 7. The van der Waals surface area contributed by atoms with Crippen molar-refractivity contribution in [3.8, 4) is 0 Å². The number of amides is 1. The van der Waals surface area contributed by atoms with E-state index < -0.39 is 12.1 Å². The number of hydrogen-bond donors (Lipinski definition) is 3. The number of unbranched alkanes of at least 4 members (excludes halogenated alkanes) is 35. The molecule has 346 valence electrons. The van der Waals surface area contributed by atoms with Crippen LogP contribution in [0.1, 0.15) is 277 Å². The molecule has 0 aromatic carbocycles. The number of hydrogen-bond acceptors (Lipinski definition) is 3. The highest BCUT2D eigenvalue weighted by Gasteiger charge is 2.18. The van der Waals surface area contributed by atoms with Crippen LogP contribution in [0.25, 0.3) is 0 Å². The molecule has 0 rings (SSSR count). The Bertz CT molecular complexity index is 939. The summed E-state index contributed by atoms with van der Waals surface area (Å²) in [6.07, 6.45) is 69.7. The summed E-state index contributed by atoms with van der Waals surface area (Å²) in [5, 5.41) is 23.1. The van der Waals surface area contributed by atoms with Crippen molar-refractivity contribution >= 4 is 5.91 Å². The van der Waals surface area contributed by atoms with Gasteiger partial charge in [-0.05, 0) is 57.8 Å². The Morgan fingerprint density at radius 1 is 0.407 bits per heavy atom. The van der Waals surface area contributed by atoms with Crippen LogP contribution in [0.5, 0.6) is 0 Å². The molecule has 0 aliphatic carbocycles. The van der Waals surface area contributed by atoms with Gasteiger partial charge in [0.1, 0.15) is 0 Å². The summed E-state index contributed by atoms with van der Waals surface area (Å²) in [4.78, 5) is 12.4. The summed E-state index contributed by atoms with van der Waals surface area (Å²) < 4.78 is 0. The highest BCUT2D eigenvalue weighted by Crippen LogP contribution is 2.16. The van der Waals surface area contributed by atoms with Crippen molar-refractivity contribution in [2.45, 2.75) is 289 Å². The van der Waals surface area contributed by atoms with E-state index in [9.17, 15) is 15.0 Å². The Balaban J connectivity index is 3.46. The predicted molar refractivity (Wildman–Crippen MR) is 262 cm³/mol. The number of carbonyl (C=O) groups is 1. The number of rotatable bonds is 48. The van der Waals surface area contributed by atoms with Crippen LogP contribution in [0.2, 0.25) is 0 Å². The lowest BCUT2D eigenvalue weighted by atomic mass is 10.0. The monoisotopic (exact) mass is 826 g/mol. The second-order valence-corrected chi connectivity index (χ2v) is 17.9. The maximum atomic E-state index is 12.4. The molecule has 1 amide bonds. The van der Waals surface area contributed by atoms with Crippen LogP contribution >= 0.6 is 0 Å². The lowest BCUT2D eigenvalue weighted by Crippen LogP contribution is -2.45. The molecule has 3 N–H and O–H groups in total. The first kappa shape index (κ1) is 57.3. The normalized spacial score (nSPS) is 13.2. The number of aliphatic hydroxyl groups is 2. The SMILES string of the molecule is CCCCCCC/C=C\C/C=C\C/C=C\CCCCCCCCCCCCCCCCCCCCC(=O)NC(CO)C(O)/C=C/CCCCCCCCCCCCCC. The summed E-state index contributed by atoms with van der Waals surface area (Å²) in [5.41, 5.74) is 0. The summed E-state index contributed by atoms with van der Waals surface area (Å²) in [6.45, 7) is 4.31. The van der Waals surface area contributed by atoms with Crippen LogP contribution < -0.4 is 5.32 Å². The third-order valence-corrected chi connectivity index (χ3v) is 12.1. The molecule has 4 heteroatoms. The van der Waals surface area contributed by atoms with Crippen molar-refractivity contribution in [1.82, 2.24) is 5.32 Å². The lowest BCUT2D eigenvalue weighted by Gasteiger charge is -2.20. The Morgan fingerprint density at radius 2 is 0.695 bits per heavy atom. The molecule has 0 bridgehead atoms. The van der Waals surface area contributed by atoms with Crippen molar-refractivity contribution in [1.29, 1.82) is 0 Å². The van der Waals surface area contributed by atoms with Crippen LogP contribution in [-0.2, 0) is 4.79 Å². The molecule has 0 radical (unpaired) electrons. The highest BCUT2D eigenvalue weighted by molar-refractivity contribution is 5.76. The van der Waals surface area contributed by atoms with Gasteiger partial charge in [0.05, 0.1) is 18.8 Å². The van der Waals surface area contributed by atoms with E-state index in [-0.39, 0.29) is 12.5 Å². The van der Waals surface area contributed by atoms with Gasteiger partial charge in [0.15, 0.2) is 0 Å². The van der Waals surface area contributed by atoms with Gasteiger partial charge in [0, 0.05) is 6.42 Å². The fourth-order valence-electron chi connectivity index (χ4n) is 8.01. The zero-order chi connectivity index (χ0) is 42.8.